The van der Waals surface area contributed by atoms with Gasteiger partial charge in [-0.05, 0) is 37.0 Å². The third-order valence-corrected chi connectivity index (χ3v) is 4.71. The van der Waals surface area contributed by atoms with Gasteiger partial charge in [-0.1, -0.05) is 64.0 Å². The number of methoxy groups -OCH3 is 1. The van der Waals surface area contributed by atoms with Crippen LogP contribution in [0.1, 0.15) is 58.9 Å². The van der Waals surface area contributed by atoms with Gasteiger partial charge in [0.2, 0.25) is 6.04 Å². The number of para-hydroxylation sites is 1. The second kappa shape index (κ2) is 17.4. The van der Waals surface area contributed by atoms with E-state index in [1.807, 2.05) is 65.0 Å². The Hall–Kier alpha value is -2.49. The van der Waals surface area contributed by atoms with Gasteiger partial charge in [0.15, 0.2) is 5.01 Å². The first kappa shape index (κ1) is 27.5. The Labute approximate surface area is 185 Å². The summed E-state index contributed by atoms with van der Waals surface area (Å²) in [6.45, 7) is 10.4. The fraction of sp³-hybridized carbons (Fsp3) is 0.458. The first-order chi connectivity index (χ1) is 14.6. The molecule has 164 valence electrons. The molecule has 3 rings (SSSR count). The Morgan fingerprint density at radius 2 is 2.00 bits per heavy atom. The average molecular weight is 431 g/mol. The Balaban J connectivity index is 0.000000486. The molecule has 1 aliphatic rings. The summed E-state index contributed by atoms with van der Waals surface area (Å²) in [5.41, 5.74) is 2.12. The lowest BCUT2D eigenvalue weighted by atomic mass is 9.95. The molecule has 1 atom stereocenters. The van der Waals surface area contributed by atoms with Crippen LogP contribution in [0.5, 0.6) is 0 Å². The summed E-state index contributed by atoms with van der Waals surface area (Å²) in [6, 6.07) is 7.67. The van der Waals surface area contributed by atoms with Gasteiger partial charge in [0.25, 0.3) is 0 Å². The lowest BCUT2D eigenvalue weighted by Crippen LogP contribution is -2.21. The summed E-state index contributed by atoms with van der Waals surface area (Å²) in [6.07, 6.45) is 8.08. The minimum atomic E-state index is -0.360. The topological polar surface area (TPSA) is 65.3 Å². The number of nitro groups is 1. The van der Waals surface area contributed by atoms with Crippen molar-refractivity contribution in [3.8, 4) is 11.8 Å². The minimum Gasteiger partial charge on any atom is -0.372 e. The van der Waals surface area contributed by atoms with E-state index < -0.39 is 0 Å². The Bertz CT molecular complexity index is 827. The van der Waals surface area contributed by atoms with E-state index in [-0.39, 0.29) is 11.0 Å². The molecule has 0 spiro atoms. The van der Waals surface area contributed by atoms with E-state index in [9.17, 15) is 10.1 Å². The van der Waals surface area contributed by atoms with Gasteiger partial charge in [0.1, 0.15) is 6.61 Å². The molecule has 0 bridgehead atoms. The molecule has 0 amide bonds. The van der Waals surface area contributed by atoms with Crippen molar-refractivity contribution >= 4 is 21.6 Å². The molecule has 1 heterocycles. The van der Waals surface area contributed by atoms with Gasteiger partial charge in [0, 0.05) is 24.9 Å². The van der Waals surface area contributed by atoms with E-state index in [4.69, 9.17) is 4.74 Å². The van der Waals surface area contributed by atoms with E-state index in [1.165, 1.54) is 4.70 Å². The standard InChI is InChI=1S/C11H9NOS.C9H13NO2.2C2H6/c1-13-8-4-7-11-12-9-5-2-3-6-10(9)14-11;1-2-4-8-5-3-6-9(7-8)10(11)12;2*1-2/h2-3,5-6H,8H2,1H3;2,4-5,9H,3,6-7H2,1H3;2*1-2H3/b;4-2+;;. The molecule has 1 aliphatic carbocycles. The van der Waals surface area contributed by atoms with Crippen LogP contribution in [-0.2, 0) is 4.74 Å². The molecule has 1 aromatic carbocycles. The maximum absolute atomic E-state index is 10.5. The average Bonchev–Trinajstić information content (AvgIpc) is 3.20. The van der Waals surface area contributed by atoms with Crippen LogP contribution in [0, 0.1) is 22.0 Å². The van der Waals surface area contributed by atoms with Gasteiger partial charge in [-0.25, -0.2) is 4.98 Å². The van der Waals surface area contributed by atoms with Crippen molar-refractivity contribution in [1.82, 2.24) is 4.98 Å². The number of aromatic nitrogens is 1. The first-order valence-corrected chi connectivity index (χ1v) is 11.2. The van der Waals surface area contributed by atoms with Gasteiger partial charge < -0.3 is 4.74 Å². The molecular weight excluding hydrogens is 396 g/mol. The third-order valence-electron chi connectivity index (χ3n) is 3.76. The van der Waals surface area contributed by atoms with Crippen LogP contribution in [0.2, 0.25) is 0 Å². The molecule has 0 radical (unpaired) electrons. The van der Waals surface area contributed by atoms with Gasteiger partial charge in [-0.2, -0.15) is 0 Å². The van der Waals surface area contributed by atoms with E-state index in [0.29, 0.717) is 19.4 Å². The highest BCUT2D eigenvalue weighted by molar-refractivity contribution is 7.19. The zero-order valence-electron chi connectivity index (χ0n) is 19.0. The summed E-state index contributed by atoms with van der Waals surface area (Å²) in [5, 5.41) is 11.3. The molecule has 0 N–H and O–H groups in total. The van der Waals surface area contributed by atoms with Crippen LogP contribution in [0.3, 0.4) is 0 Å². The van der Waals surface area contributed by atoms with Crippen LogP contribution in [0.25, 0.3) is 10.2 Å². The maximum atomic E-state index is 10.5. The smallest absolute Gasteiger partial charge is 0.217 e. The number of rotatable bonds is 3. The largest absolute Gasteiger partial charge is 0.372 e. The summed E-state index contributed by atoms with van der Waals surface area (Å²) >= 11 is 1.61. The van der Waals surface area contributed by atoms with Gasteiger partial charge >= 0.3 is 0 Å². The normalized spacial score (nSPS) is 14.6. The molecule has 2 aromatic rings. The molecular formula is C24H34N2O3S. The molecule has 0 saturated carbocycles. The molecule has 0 aliphatic heterocycles. The molecule has 1 unspecified atom stereocenters. The molecule has 5 nitrogen and oxygen atoms in total. The zero-order valence-corrected chi connectivity index (χ0v) is 19.8. The van der Waals surface area contributed by atoms with Crippen molar-refractivity contribution in [1.29, 1.82) is 0 Å². The summed E-state index contributed by atoms with van der Waals surface area (Å²) in [4.78, 5) is 14.7. The molecule has 6 heteroatoms. The third kappa shape index (κ3) is 10.3. The Kier molecular flexibility index (Phi) is 15.9. The lowest BCUT2D eigenvalue weighted by Gasteiger charge is -2.13. The second-order valence-electron chi connectivity index (χ2n) is 5.72. The number of benzene rings is 1. The van der Waals surface area contributed by atoms with Crippen molar-refractivity contribution in [2.45, 2.75) is 59.9 Å². The number of fused-ring (bicyclic) bond motifs is 1. The van der Waals surface area contributed by atoms with Crippen LogP contribution < -0.4 is 0 Å². The van der Waals surface area contributed by atoms with E-state index in [0.717, 1.165) is 22.5 Å². The first-order valence-electron chi connectivity index (χ1n) is 10.4. The highest BCUT2D eigenvalue weighted by atomic mass is 32.1. The number of thiazole rings is 1. The predicted octanol–water partition coefficient (Wildman–Crippen LogP) is 6.66. The summed E-state index contributed by atoms with van der Waals surface area (Å²) < 4.78 is 6.02. The zero-order chi connectivity index (χ0) is 22.8. The maximum Gasteiger partial charge on any atom is 0.217 e. The van der Waals surface area contributed by atoms with E-state index >= 15 is 0 Å². The van der Waals surface area contributed by atoms with Crippen molar-refractivity contribution in [3.63, 3.8) is 0 Å². The summed E-state index contributed by atoms with van der Waals surface area (Å²) in [7, 11) is 1.63. The number of hydrogen-bond acceptors (Lipinski definition) is 5. The van der Waals surface area contributed by atoms with Crippen LogP contribution in [-0.4, -0.2) is 29.7 Å². The monoisotopic (exact) mass is 430 g/mol. The van der Waals surface area contributed by atoms with E-state index in [2.05, 4.69) is 29.0 Å². The highest BCUT2D eigenvalue weighted by Crippen LogP contribution is 2.21. The SMILES string of the molecule is C/C=C/C1=CCCC([N+](=O)[O-])C1.CC.CC.COCC#Cc1nc2ccccc2s1. The molecule has 0 saturated heterocycles. The number of ether oxygens (including phenoxy) is 1. The molecule has 0 fully saturated rings. The summed E-state index contributed by atoms with van der Waals surface area (Å²) in [5.74, 6) is 5.86. The van der Waals surface area contributed by atoms with Gasteiger partial charge in [-0.15, -0.1) is 11.3 Å². The van der Waals surface area contributed by atoms with Crippen molar-refractivity contribution in [2.24, 2.45) is 0 Å². The number of hydrogen-bond donors (Lipinski definition) is 0. The fourth-order valence-electron chi connectivity index (χ4n) is 2.56. The van der Waals surface area contributed by atoms with Crippen molar-refractivity contribution in [2.75, 3.05) is 13.7 Å². The van der Waals surface area contributed by atoms with Gasteiger partial charge in [-0.3, -0.25) is 10.1 Å². The Morgan fingerprint density at radius 3 is 2.60 bits per heavy atom. The number of allylic oxidation sites excluding steroid dienone is 3. The van der Waals surface area contributed by atoms with Crippen LogP contribution in [0.4, 0.5) is 0 Å². The lowest BCUT2D eigenvalue weighted by molar-refractivity contribution is -0.523. The molecule has 30 heavy (non-hydrogen) atoms. The fourth-order valence-corrected chi connectivity index (χ4v) is 3.40. The molecule has 1 aromatic heterocycles. The van der Waals surface area contributed by atoms with Crippen LogP contribution >= 0.6 is 11.3 Å². The van der Waals surface area contributed by atoms with Crippen molar-refractivity contribution < 1.29 is 9.66 Å². The van der Waals surface area contributed by atoms with E-state index in [1.54, 1.807) is 18.4 Å². The highest BCUT2D eigenvalue weighted by Gasteiger charge is 2.23. The quantitative estimate of drug-likeness (QED) is 0.310. The van der Waals surface area contributed by atoms with Crippen molar-refractivity contribution in [3.05, 3.63) is 63.2 Å². The van der Waals surface area contributed by atoms with Gasteiger partial charge in [0.05, 0.1) is 10.2 Å². The predicted molar refractivity (Wildman–Crippen MR) is 129 cm³/mol. The second-order valence-corrected chi connectivity index (χ2v) is 6.75. The Morgan fingerprint density at radius 1 is 1.30 bits per heavy atom. The van der Waals surface area contributed by atoms with Crippen LogP contribution in [0.15, 0.2) is 48.1 Å². The number of nitrogens with zero attached hydrogens (tertiary/aromatic N) is 2. The minimum absolute atomic E-state index is 0.170.